The van der Waals surface area contributed by atoms with E-state index in [1.165, 1.54) is 0 Å². The molecular weight excluding hydrogens is 426 g/mol. The van der Waals surface area contributed by atoms with Gasteiger partial charge in [-0.05, 0) is 63.8 Å². The van der Waals surface area contributed by atoms with Crippen molar-refractivity contribution < 1.29 is 4.79 Å². The molecule has 4 heterocycles. The molecule has 0 saturated heterocycles. The highest BCUT2D eigenvalue weighted by atomic mass is 16.2. The maximum atomic E-state index is 13.5. The number of para-hydroxylation sites is 2. The number of carbonyl (C=O) groups is 1. The number of rotatable bonds is 4. The molecule has 176 valence electrons. The molecule has 0 saturated carbocycles. The van der Waals surface area contributed by atoms with Crippen molar-refractivity contribution in [1.29, 1.82) is 0 Å². The molecular formula is C26H31N7O. The molecule has 5 rings (SSSR count). The summed E-state index contributed by atoms with van der Waals surface area (Å²) >= 11 is 0. The van der Waals surface area contributed by atoms with Crippen molar-refractivity contribution in [2.24, 2.45) is 0 Å². The van der Waals surface area contributed by atoms with Gasteiger partial charge in [-0.3, -0.25) is 9.69 Å². The maximum absolute atomic E-state index is 13.5. The van der Waals surface area contributed by atoms with Crippen LogP contribution in [0.2, 0.25) is 0 Å². The van der Waals surface area contributed by atoms with E-state index in [0.717, 1.165) is 57.7 Å². The molecule has 1 aliphatic rings. The number of anilines is 2. The predicted octanol–water partition coefficient (Wildman–Crippen LogP) is 4.38. The van der Waals surface area contributed by atoms with Crippen molar-refractivity contribution in [1.82, 2.24) is 24.7 Å². The number of aryl methyl sites for hydroxylation is 2. The average molecular weight is 458 g/mol. The Morgan fingerprint density at radius 3 is 2.44 bits per heavy atom. The molecule has 4 aromatic rings. The standard InChI is InChI=1S/C26H31N7O/c1-16(2)33-24-20(15-27-33)17(3)19(18(4)28-24)11-12-23(34)32-14-8-13-31(5)25-26(32)30-22-10-7-6-9-21(22)29-25/h6-7,9-10,15-16H,8,11-14H2,1-5H3. The Hall–Kier alpha value is -3.55. The highest BCUT2D eigenvalue weighted by Gasteiger charge is 2.27. The van der Waals surface area contributed by atoms with E-state index in [2.05, 4.69) is 30.8 Å². The van der Waals surface area contributed by atoms with Gasteiger partial charge in [-0.1, -0.05) is 12.1 Å². The fourth-order valence-electron chi connectivity index (χ4n) is 4.84. The van der Waals surface area contributed by atoms with Crippen LogP contribution in [0.25, 0.3) is 22.1 Å². The van der Waals surface area contributed by atoms with Crippen LogP contribution < -0.4 is 9.80 Å². The first-order chi connectivity index (χ1) is 16.3. The number of fused-ring (bicyclic) bond motifs is 3. The molecule has 0 N–H and O–H groups in total. The SMILES string of the molecule is Cc1nc2c(cnn2C(C)C)c(C)c1CCC(=O)N1CCCN(C)c2nc3ccccc3nc21. The minimum Gasteiger partial charge on any atom is -0.357 e. The van der Waals surface area contributed by atoms with Crippen molar-refractivity contribution in [3.05, 3.63) is 47.3 Å². The van der Waals surface area contributed by atoms with Gasteiger partial charge in [-0.15, -0.1) is 0 Å². The quantitative estimate of drug-likeness (QED) is 0.453. The van der Waals surface area contributed by atoms with Gasteiger partial charge in [0.1, 0.15) is 0 Å². The summed E-state index contributed by atoms with van der Waals surface area (Å²) in [4.78, 5) is 32.0. The van der Waals surface area contributed by atoms with E-state index in [1.807, 2.05) is 54.0 Å². The first-order valence-electron chi connectivity index (χ1n) is 12.0. The molecule has 0 radical (unpaired) electrons. The lowest BCUT2D eigenvalue weighted by molar-refractivity contribution is -0.118. The number of carbonyl (C=O) groups excluding carboxylic acids is 1. The van der Waals surface area contributed by atoms with E-state index in [-0.39, 0.29) is 11.9 Å². The van der Waals surface area contributed by atoms with Crippen LogP contribution in [-0.2, 0) is 11.2 Å². The number of nitrogens with zero attached hydrogens (tertiary/aromatic N) is 7. The zero-order valence-electron chi connectivity index (χ0n) is 20.5. The Balaban J connectivity index is 1.45. The molecule has 8 heteroatoms. The van der Waals surface area contributed by atoms with Gasteiger partial charge in [0.15, 0.2) is 17.3 Å². The van der Waals surface area contributed by atoms with Crippen LogP contribution in [0.1, 0.15) is 49.6 Å². The number of benzene rings is 1. The number of hydrogen-bond acceptors (Lipinski definition) is 6. The fraction of sp³-hybridized carbons (Fsp3) is 0.423. The molecule has 0 bridgehead atoms. The molecule has 0 atom stereocenters. The molecule has 0 fully saturated rings. The molecule has 1 aromatic carbocycles. The van der Waals surface area contributed by atoms with E-state index in [1.54, 1.807) is 0 Å². The zero-order valence-corrected chi connectivity index (χ0v) is 20.5. The summed E-state index contributed by atoms with van der Waals surface area (Å²) in [5.41, 5.74) is 5.80. The molecule has 0 spiro atoms. The summed E-state index contributed by atoms with van der Waals surface area (Å²) in [6, 6.07) is 8.06. The van der Waals surface area contributed by atoms with Crippen molar-refractivity contribution in [2.45, 2.75) is 53.0 Å². The molecule has 8 nitrogen and oxygen atoms in total. The number of pyridine rings is 1. The van der Waals surface area contributed by atoms with Crippen LogP contribution >= 0.6 is 0 Å². The lowest BCUT2D eigenvalue weighted by atomic mass is 10.00. The Kier molecular flexibility index (Phi) is 5.67. The largest absolute Gasteiger partial charge is 0.357 e. The summed E-state index contributed by atoms with van der Waals surface area (Å²) in [6.45, 7) is 9.82. The fourth-order valence-corrected chi connectivity index (χ4v) is 4.84. The third-order valence-electron chi connectivity index (χ3n) is 6.74. The summed E-state index contributed by atoms with van der Waals surface area (Å²) in [5, 5.41) is 5.59. The molecule has 3 aromatic heterocycles. The normalized spacial score (nSPS) is 14.2. The Labute approximate surface area is 199 Å². The maximum Gasteiger partial charge on any atom is 0.228 e. The van der Waals surface area contributed by atoms with Gasteiger partial charge >= 0.3 is 0 Å². The molecule has 34 heavy (non-hydrogen) atoms. The van der Waals surface area contributed by atoms with E-state index in [4.69, 9.17) is 15.0 Å². The van der Waals surface area contributed by atoms with Crippen molar-refractivity contribution in [3.63, 3.8) is 0 Å². The summed E-state index contributed by atoms with van der Waals surface area (Å²) in [5.74, 6) is 1.49. The highest BCUT2D eigenvalue weighted by molar-refractivity contribution is 5.97. The Bertz CT molecular complexity index is 1390. The summed E-state index contributed by atoms with van der Waals surface area (Å²) < 4.78 is 1.96. The third kappa shape index (κ3) is 3.77. The Morgan fingerprint density at radius 2 is 1.74 bits per heavy atom. The van der Waals surface area contributed by atoms with Crippen LogP contribution in [0.4, 0.5) is 11.6 Å². The zero-order chi connectivity index (χ0) is 24.0. The minimum atomic E-state index is 0.0675. The second kappa shape index (κ2) is 8.66. The summed E-state index contributed by atoms with van der Waals surface area (Å²) in [7, 11) is 2.02. The lowest BCUT2D eigenvalue weighted by Gasteiger charge is -2.23. The molecule has 0 aliphatic carbocycles. The highest BCUT2D eigenvalue weighted by Crippen LogP contribution is 2.31. The summed E-state index contributed by atoms with van der Waals surface area (Å²) in [6.07, 6.45) is 3.79. The van der Waals surface area contributed by atoms with Crippen LogP contribution in [0, 0.1) is 13.8 Å². The molecule has 0 unspecified atom stereocenters. The Morgan fingerprint density at radius 1 is 1.03 bits per heavy atom. The monoisotopic (exact) mass is 457 g/mol. The van der Waals surface area contributed by atoms with Gasteiger partial charge in [0.2, 0.25) is 5.91 Å². The topological polar surface area (TPSA) is 80.0 Å². The van der Waals surface area contributed by atoms with Crippen molar-refractivity contribution in [3.8, 4) is 0 Å². The van der Waals surface area contributed by atoms with Crippen LogP contribution in [-0.4, -0.2) is 50.8 Å². The predicted molar refractivity (Wildman–Crippen MR) is 135 cm³/mol. The number of hydrogen-bond donors (Lipinski definition) is 0. The van der Waals surface area contributed by atoms with Crippen molar-refractivity contribution in [2.75, 3.05) is 29.9 Å². The second-order valence-corrected chi connectivity index (χ2v) is 9.40. The first-order valence-corrected chi connectivity index (χ1v) is 12.0. The van der Waals surface area contributed by atoms with Crippen LogP contribution in [0.5, 0.6) is 0 Å². The van der Waals surface area contributed by atoms with Crippen LogP contribution in [0.3, 0.4) is 0 Å². The number of amides is 1. The van der Waals surface area contributed by atoms with Gasteiger partial charge in [0.25, 0.3) is 0 Å². The molecule has 1 amide bonds. The van der Waals surface area contributed by atoms with E-state index in [9.17, 15) is 4.79 Å². The smallest absolute Gasteiger partial charge is 0.228 e. The average Bonchev–Trinajstić information content (AvgIpc) is 3.17. The van der Waals surface area contributed by atoms with Gasteiger partial charge in [-0.25, -0.2) is 19.6 Å². The van der Waals surface area contributed by atoms with Gasteiger partial charge in [-0.2, -0.15) is 5.10 Å². The van der Waals surface area contributed by atoms with E-state index < -0.39 is 0 Å². The second-order valence-electron chi connectivity index (χ2n) is 9.40. The molecule has 1 aliphatic heterocycles. The third-order valence-corrected chi connectivity index (χ3v) is 6.74. The van der Waals surface area contributed by atoms with E-state index in [0.29, 0.717) is 25.2 Å². The van der Waals surface area contributed by atoms with E-state index >= 15 is 0 Å². The minimum absolute atomic E-state index is 0.0675. The first kappa shape index (κ1) is 22.3. The van der Waals surface area contributed by atoms with Crippen LogP contribution in [0.15, 0.2) is 30.5 Å². The van der Waals surface area contributed by atoms with Crippen molar-refractivity contribution >= 4 is 39.6 Å². The van der Waals surface area contributed by atoms with Gasteiger partial charge in [0, 0.05) is 43.7 Å². The lowest BCUT2D eigenvalue weighted by Crippen LogP contribution is -2.32. The van der Waals surface area contributed by atoms with Gasteiger partial charge in [0.05, 0.1) is 17.2 Å². The number of aromatic nitrogens is 5. The van der Waals surface area contributed by atoms with Gasteiger partial charge < -0.3 is 4.90 Å².